The predicted octanol–water partition coefficient (Wildman–Crippen LogP) is 4.87. The summed E-state index contributed by atoms with van der Waals surface area (Å²) in [5.74, 6) is 0.0653. The number of carbonyl (C=O) groups excluding carboxylic acids is 1. The fourth-order valence-corrected chi connectivity index (χ4v) is 6.20. The van der Waals surface area contributed by atoms with Crippen LogP contribution in [-0.4, -0.2) is 28.8 Å². The van der Waals surface area contributed by atoms with E-state index in [1.165, 1.54) is 11.3 Å². The second-order valence-electron chi connectivity index (χ2n) is 9.18. The van der Waals surface area contributed by atoms with Gasteiger partial charge in [-0.25, -0.2) is 9.79 Å². The number of thiazole rings is 1. The highest BCUT2D eigenvalue weighted by Crippen LogP contribution is 2.35. The Labute approximate surface area is 234 Å². The smallest absolute Gasteiger partial charge is 0.338 e. The average Bonchev–Trinajstić information content (AvgIpc) is 3.37. The van der Waals surface area contributed by atoms with E-state index in [0.717, 1.165) is 22.6 Å². The molecule has 0 spiro atoms. The number of nitrogens with zero attached hydrogens (tertiary/aromatic N) is 3. The first kappa shape index (κ1) is 26.7. The number of fused-ring (bicyclic) bond motifs is 1. The number of aromatic nitrogens is 2. The molecule has 200 valence electrons. The average molecular weight is 562 g/mol. The molecular formula is C30H28ClN3O4S. The Hall–Kier alpha value is -3.88. The van der Waals surface area contributed by atoms with Crippen LogP contribution < -0.4 is 19.6 Å². The van der Waals surface area contributed by atoms with Crippen molar-refractivity contribution in [1.29, 1.82) is 0 Å². The number of esters is 1. The number of hydrogen-bond acceptors (Lipinski definition) is 6. The number of para-hydroxylation sites is 1. The summed E-state index contributed by atoms with van der Waals surface area (Å²) >= 11 is 7.39. The molecule has 39 heavy (non-hydrogen) atoms. The summed E-state index contributed by atoms with van der Waals surface area (Å²) in [5, 5.41) is 0.671. The van der Waals surface area contributed by atoms with Gasteiger partial charge in [0.15, 0.2) is 4.80 Å². The van der Waals surface area contributed by atoms with Gasteiger partial charge in [-0.05, 0) is 75.7 Å². The maximum atomic E-state index is 14.0. The summed E-state index contributed by atoms with van der Waals surface area (Å²) in [4.78, 5) is 32.3. The highest BCUT2D eigenvalue weighted by Gasteiger charge is 2.35. The first-order valence-corrected chi connectivity index (χ1v) is 13.7. The second-order valence-corrected chi connectivity index (χ2v) is 10.6. The molecular weight excluding hydrogens is 534 g/mol. The Kier molecular flexibility index (Phi) is 7.34. The number of halogens is 1. The van der Waals surface area contributed by atoms with Crippen LogP contribution in [0, 0.1) is 13.8 Å². The van der Waals surface area contributed by atoms with E-state index in [0.29, 0.717) is 36.9 Å². The molecule has 1 unspecified atom stereocenters. The van der Waals surface area contributed by atoms with Crippen LogP contribution >= 0.6 is 22.9 Å². The number of carbonyl (C=O) groups is 1. The van der Waals surface area contributed by atoms with Crippen molar-refractivity contribution in [2.24, 2.45) is 4.99 Å². The Morgan fingerprint density at radius 3 is 2.54 bits per heavy atom. The maximum absolute atomic E-state index is 14.0. The van der Waals surface area contributed by atoms with E-state index >= 15 is 0 Å². The van der Waals surface area contributed by atoms with Gasteiger partial charge in [-0.15, -0.1) is 0 Å². The summed E-state index contributed by atoms with van der Waals surface area (Å²) in [6.07, 6.45) is 1.89. The van der Waals surface area contributed by atoms with Crippen molar-refractivity contribution in [3.8, 4) is 11.4 Å². The molecule has 9 heteroatoms. The van der Waals surface area contributed by atoms with Gasteiger partial charge in [-0.3, -0.25) is 9.36 Å². The number of aryl methyl sites for hydroxylation is 1. The molecule has 1 aliphatic heterocycles. The van der Waals surface area contributed by atoms with E-state index in [4.69, 9.17) is 21.1 Å². The molecule has 0 N–H and O–H groups in total. The normalized spacial score (nSPS) is 15.2. The second kappa shape index (κ2) is 10.7. The molecule has 0 saturated carbocycles. The number of allylic oxidation sites excluding steroid dienone is 1. The Morgan fingerprint density at radius 1 is 1.13 bits per heavy atom. The van der Waals surface area contributed by atoms with Crippen molar-refractivity contribution in [2.75, 3.05) is 13.7 Å². The van der Waals surface area contributed by atoms with Gasteiger partial charge in [-0.1, -0.05) is 41.1 Å². The minimum absolute atomic E-state index is 0.210. The molecule has 2 aromatic heterocycles. The minimum atomic E-state index is -0.736. The molecule has 4 aromatic rings. The number of ether oxygens (including phenoxy) is 2. The predicted molar refractivity (Wildman–Crippen MR) is 154 cm³/mol. The molecule has 1 atom stereocenters. The van der Waals surface area contributed by atoms with Crippen molar-refractivity contribution in [2.45, 2.75) is 33.7 Å². The lowest BCUT2D eigenvalue weighted by Crippen LogP contribution is -2.40. The number of methoxy groups -OCH3 is 1. The molecule has 0 fully saturated rings. The van der Waals surface area contributed by atoms with Crippen LogP contribution in [0.4, 0.5) is 0 Å². The Bertz CT molecular complexity index is 1790. The van der Waals surface area contributed by atoms with E-state index in [2.05, 4.69) is 15.6 Å². The largest absolute Gasteiger partial charge is 0.496 e. The lowest BCUT2D eigenvalue weighted by atomic mass is 9.95. The van der Waals surface area contributed by atoms with Crippen LogP contribution in [0.5, 0.6) is 5.75 Å². The third-order valence-corrected chi connectivity index (χ3v) is 8.03. The van der Waals surface area contributed by atoms with Crippen molar-refractivity contribution in [1.82, 2.24) is 9.13 Å². The molecule has 7 nitrogen and oxygen atoms in total. The standard InChI is InChI=1S/C30H28ClN3O4S/c1-6-38-29(36)26-18(3)32-30-34(27(26)23-9-7-8-10-24(23)37-5)28(35)25(39-30)16-20-15-17(2)33(19(20)4)22-13-11-21(31)12-14-22/h7-16,27H,6H2,1-5H3/b25-16-. The van der Waals surface area contributed by atoms with Gasteiger partial charge >= 0.3 is 5.97 Å². The first-order valence-electron chi connectivity index (χ1n) is 12.5. The summed E-state index contributed by atoms with van der Waals surface area (Å²) in [5.41, 5.74) is 5.21. The summed E-state index contributed by atoms with van der Waals surface area (Å²) in [6.45, 7) is 7.78. The van der Waals surface area contributed by atoms with Crippen molar-refractivity contribution < 1.29 is 14.3 Å². The molecule has 5 rings (SSSR count). The van der Waals surface area contributed by atoms with Crippen LogP contribution in [0.1, 0.15) is 42.4 Å². The zero-order valence-corrected chi connectivity index (χ0v) is 23.9. The Balaban J connectivity index is 1.71. The van der Waals surface area contributed by atoms with Crippen LogP contribution in [0.25, 0.3) is 11.8 Å². The van der Waals surface area contributed by atoms with E-state index in [9.17, 15) is 9.59 Å². The number of hydrogen-bond donors (Lipinski definition) is 0. The summed E-state index contributed by atoms with van der Waals surface area (Å²) in [7, 11) is 1.57. The third kappa shape index (κ3) is 4.75. The van der Waals surface area contributed by atoms with Crippen molar-refractivity contribution in [3.63, 3.8) is 0 Å². The van der Waals surface area contributed by atoms with Gasteiger partial charge < -0.3 is 14.0 Å². The van der Waals surface area contributed by atoms with E-state index in [-0.39, 0.29) is 12.2 Å². The lowest BCUT2D eigenvalue weighted by Gasteiger charge is -2.25. The molecule has 0 bridgehead atoms. The zero-order chi connectivity index (χ0) is 27.8. The van der Waals surface area contributed by atoms with Gasteiger partial charge in [-0.2, -0.15) is 0 Å². The monoisotopic (exact) mass is 561 g/mol. The van der Waals surface area contributed by atoms with Crippen LogP contribution in [0.2, 0.25) is 5.02 Å². The molecule has 0 aliphatic carbocycles. The molecule has 3 heterocycles. The Morgan fingerprint density at radius 2 is 1.85 bits per heavy atom. The molecule has 0 saturated heterocycles. The fraction of sp³-hybridized carbons (Fsp3) is 0.233. The van der Waals surface area contributed by atoms with Crippen LogP contribution in [0.3, 0.4) is 0 Å². The minimum Gasteiger partial charge on any atom is -0.496 e. The highest BCUT2D eigenvalue weighted by molar-refractivity contribution is 7.07. The molecule has 2 aromatic carbocycles. The van der Waals surface area contributed by atoms with E-state index in [1.807, 2.05) is 68.5 Å². The SMILES string of the molecule is CCOC(=O)C1=C(C)N=c2s/c(=C\c3cc(C)n(-c4ccc(Cl)cc4)c3C)c(=O)n2C1c1ccccc1OC. The van der Waals surface area contributed by atoms with Crippen molar-refractivity contribution >= 4 is 35.0 Å². The van der Waals surface area contributed by atoms with Gasteiger partial charge in [0.1, 0.15) is 11.8 Å². The first-order chi connectivity index (χ1) is 18.7. The summed E-state index contributed by atoms with van der Waals surface area (Å²) in [6, 6.07) is 16.3. The lowest BCUT2D eigenvalue weighted by molar-refractivity contribution is -0.139. The number of benzene rings is 2. The van der Waals surface area contributed by atoms with E-state index in [1.54, 1.807) is 25.5 Å². The van der Waals surface area contributed by atoms with E-state index < -0.39 is 12.0 Å². The summed E-state index contributed by atoms with van der Waals surface area (Å²) < 4.78 is 15.2. The van der Waals surface area contributed by atoms with Crippen molar-refractivity contribution in [3.05, 3.63) is 113 Å². The van der Waals surface area contributed by atoms with Crippen LogP contribution in [-0.2, 0) is 9.53 Å². The fourth-order valence-electron chi connectivity index (χ4n) is 5.04. The molecule has 1 aliphatic rings. The number of rotatable bonds is 6. The van der Waals surface area contributed by atoms with Crippen LogP contribution in [0.15, 0.2) is 75.7 Å². The zero-order valence-electron chi connectivity index (χ0n) is 22.3. The third-order valence-electron chi connectivity index (χ3n) is 6.79. The maximum Gasteiger partial charge on any atom is 0.338 e. The molecule has 0 radical (unpaired) electrons. The highest BCUT2D eigenvalue weighted by atomic mass is 35.5. The van der Waals surface area contributed by atoms with Gasteiger partial charge in [0, 0.05) is 27.7 Å². The quantitative estimate of drug-likeness (QED) is 0.315. The van der Waals surface area contributed by atoms with Gasteiger partial charge in [0.05, 0.1) is 29.5 Å². The van der Waals surface area contributed by atoms with Gasteiger partial charge in [0.2, 0.25) is 0 Å². The topological polar surface area (TPSA) is 74.8 Å². The molecule has 0 amide bonds. The van der Waals surface area contributed by atoms with Gasteiger partial charge in [0.25, 0.3) is 5.56 Å².